The van der Waals surface area contributed by atoms with Crippen molar-refractivity contribution in [3.63, 3.8) is 0 Å². The number of rotatable bonds is 3. The average Bonchev–Trinajstić information content (AvgIpc) is 2.58. The second-order valence-electron chi connectivity index (χ2n) is 6.22. The fraction of sp³-hybridized carbons (Fsp3) is 0.500. The number of aldehydes is 1. The molecule has 0 saturated carbocycles. The molecule has 0 bridgehead atoms. The molecule has 0 aliphatic carbocycles. The first kappa shape index (κ1) is 23.6. The zero-order valence-corrected chi connectivity index (χ0v) is 16.1. The summed E-state index contributed by atoms with van der Waals surface area (Å²) in [6.07, 6.45) is 2.76. The van der Waals surface area contributed by atoms with Crippen LogP contribution in [0, 0.1) is 24.6 Å². The van der Waals surface area contributed by atoms with Crippen molar-refractivity contribution in [2.45, 2.75) is 53.9 Å². The summed E-state index contributed by atoms with van der Waals surface area (Å²) in [4.78, 5) is 41.8. The number of Topliss-reactive ketones (excluding diaryl/α,β-unsaturated/α-hetero) is 1. The average molecular weight is 365 g/mol. The molecule has 1 aliphatic heterocycles. The van der Waals surface area contributed by atoms with Gasteiger partial charge >= 0.3 is 0 Å². The summed E-state index contributed by atoms with van der Waals surface area (Å²) < 4.78 is 12.8. The molecule has 1 N–H and O–H groups in total. The molecule has 144 valence electrons. The van der Waals surface area contributed by atoms with Gasteiger partial charge in [-0.2, -0.15) is 0 Å². The minimum atomic E-state index is -0.289. The fourth-order valence-electron chi connectivity index (χ4n) is 2.16. The molecule has 1 aliphatic rings. The summed E-state index contributed by atoms with van der Waals surface area (Å²) in [6, 6.07) is 4.30. The van der Waals surface area contributed by atoms with Crippen molar-refractivity contribution in [3.05, 3.63) is 35.1 Å². The maximum absolute atomic E-state index is 12.8. The van der Waals surface area contributed by atoms with Crippen LogP contribution < -0.4 is 5.32 Å². The smallest absolute Gasteiger partial charge is 0.229 e. The SMILES string of the molecule is CC1CCC(=O)NC1=O.CC=O.CCC(C)C(=O)c1ccc(F)cc1C. The Morgan fingerprint density at radius 2 is 1.96 bits per heavy atom. The molecular weight excluding hydrogens is 337 g/mol. The summed E-state index contributed by atoms with van der Waals surface area (Å²) in [6.45, 7) is 8.90. The maximum atomic E-state index is 12.8. The number of halogens is 1. The number of hydrogen-bond donors (Lipinski definition) is 1. The van der Waals surface area contributed by atoms with E-state index < -0.39 is 0 Å². The Morgan fingerprint density at radius 1 is 1.38 bits per heavy atom. The number of amides is 2. The van der Waals surface area contributed by atoms with E-state index in [1.165, 1.54) is 19.1 Å². The van der Waals surface area contributed by atoms with E-state index in [-0.39, 0.29) is 35.3 Å². The lowest BCUT2D eigenvalue weighted by Crippen LogP contribution is -2.39. The number of benzene rings is 1. The van der Waals surface area contributed by atoms with Crippen molar-refractivity contribution in [2.24, 2.45) is 11.8 Å². The van der Waals surface area contributed by atoms with Crippen molar-refractivity contribution >= 4 is 23.9 Å². The standard InChI is InChI=1S/C12H15FO.C6H9NO2.C2H4O/c1-4-8(2)12(14)11-6-5-10(13)7-9(11)3;1-4-2-3-5(8)7-6(4)9;1-2-3/h5-8H,4H2,1-3H3;4H,2-3H2,1H3,(H,7,8,9);2H,1H3. The summed E-state index contributed by atoms with van der Waals surface area (Å²) in [5.41, 5.74) is 1.36. The third-order valence-corrected chi connectivity index (χ3v) is 4.03. The van der Waals surface area contributed by atoms with Gasteiger partial charge in [0.25, 0.3) is 0 Å². The molecular formula is C20H28FNO4. The van der Waals surface area contributed by atoms with E-state index in [4.69, 9.17) is 4.79 Å². The number of piperidine rings is 1. The lowest BCUT2D eigenvalue weighted by Gasteiger charge is -2.15. The highest BCUT2D eigenvalue weighted by molar-refractivity contribution is 5.99. The maximum Gasteiger partial charge on any atom is 0.229 e. The molecule has 0 spiro atoms. The first-order valence-corrected chi connectivity index (χ1v) is 8.71. The monoisotopic (exact) mass is 365 g/mol. The zero-order valence-electron chi connectivity index (χ0n) is 16.1. The van der Waals surface area contributed by atoms with Gasteiger partial charge < -0.3 is 4.79 Å². The van der Waals surface area contributed by atoms with Crippen molar-refractivity contribution in [1.82, 2.24) is 5.32 Å². The van der Waals surface area contributed by atoms with Gasteiger partial charge in [-0.1, -0.05) is 20.8 Å². The first-order chi connectivity index (χ1) is 12.2. The zero-order chi connectivity index (χ0) is 20.3. The fourth-order valence-corrected chi connectivity index (χ4v) is 2.16. The second kappa shape index (κ2) is 12.1. The van der Waals surface area contributed by atoms with Crippen molar-refractivity contribution < 1.29 is 23.6 Å². The van der Waals surface area contributed by atoms with E-state index in [0.29, 0.717) is 18.4 Å². The molecule has 1 saturated heterocycles. The third kappa shape index (κ3) is 8.14. The topological polar surface area (TPSA) is 80.3 Å². The van der Waals surface area contributed by atoms with Crippen LogP contribution in [-0.4, -0.2) is 23.9 Å². The van der Waals surface area contributed by atoms with Gasteiger partial charge in [0.05, 0.1) is 0 Å². The Labute approximate surface area is 154 Å². The number of carbonyl (C=O) groups excluding carboxylic acids is 4. The van der Waals surface area contributed by atoms with Crippen molar-refractivity contribution in [1.29, 1.82) is 0 Å². The molecule has 2 atom stereocenters. The Morgan fingerprint density at radius 3 is 2.38 bits per heavy atom. The van der Waals surface area contributed by atoms with Gasteiger partial charge in [0.1, 0.15) is 12.1 Å². The molecule has 1 aromatic carbocycles. The van der Waals surface area contributed by atoms with Gasteiger partial charge in [-0.15, -0.1) is 0 Å². The predicted molar refractivity (Wildman–Crippen MR) is 98.2 cm³/mol. The number of aryl methyl sites for hydroxylation is 1. The van der Waals surface area contributed by atoms with E-state index >= 15 is 0 Å². The number of imide groups is 1. The molecule has 0 radical (unpaired) electrons. The van der Waals surface area contributed by atoms with Crippen LogP contribution >= 0.6 is 0 Å². The molecule has 0 aromatic heterocycles. The van der Waals surface area contributed by atoms with Crippen LogP contribution in [0.2, 0.25) is 0 Å². The Hall–Kier alpha value is -2.37. The van der Waals surface area contributed by atoms with Gasteiger partial charge in [0.2, 0.25) is 11.8 Å². The van der Waals surface area contributed by atoms with E-state index in [9.17, 15) is 18.8 Å². The van der Waals surface area contributed by atoms with Crippen molar-refractivity contribution in [2.75, 3.05) is 0 Å². The normalized spacial score (nSPS) is 16.9. The largest absolute Gasteiger partial charge is 0.304 e. The van der Waals surface area contributed by atoms with Crippen LogP contribution in [0.15, 0.2) is 18.2 Å². The highest BCUT2D eigenvalue weighted by Gasteiger charge is 2.21. The minimum Gasteiger partial charge on any atom is -0.304 e. The Bertz CT molecular complexity index is 643. The highest BCUT2D eigenvalue weighted by atomic mass is 19.1. The number of hydrogen-bond acceptors (Lipinski definition) is 4. The molecule has 2 rings (SSSR count). The summed E-state index contributed by atoms with van der Waals surface area (Å²) in [5.74, 6) is -0.431. The molecule has 2 unspecified atom stereocenters. The molecule has 6 heteroatoms. The molecule has 1 heterocycles. The third-order valence-electron chi connectivity index (χ3n) is 4.03. The lowest BCUT2D eigenvalue weighted by molar-refractivity contribution is -0.135. The van der Waals surface area contributed by atoms with E-state index in [1.807, 2.05) is 20.8 Å². The number of nitrogens with one attached hydrogen (secondary N) is 1. The van der Waals surface area contributed by atoms with Gasteiger partial charge in [-0.3, -0.25) is 19.7 Å². The van der Waals surface area contributed by atoms with Crippen LogP contribution in [0.1, 0.15) is 62.9 Å². The first-order valence-electron chi connectivity index (χ1n) is 8.71. The quantitative estimate of drug-likeness (QED) is 0.504. The highest BCUT2D eigenvalue weighted by Crippen LogP contribution is 2.16. The number of carbonyl (C=O) groups is 4. The molecule has 5 nitrogen and oxygen atoms in total. The second-order valence-corrected chi connectivity index (χ2v) is 6.22. The van der Waals surface area contributed by atoms with E-state index in [1.54, 1.807) is 13.0 Å². The molecule has 1 aromatic rings. The van der Waals surface area contributed by atoms with Crippen LogP contribution in [0.5, 0.6) is 0 Å². The summed E-state index contributed by atoms with van der Waals surface area (Å²) in [5, 5.41) is 2.25. The lowest BCUT2D eigenvalue weighted by atomic mass is 9.94. The molecule has 26 heavy (non-hydrogen) atoms. The van der Waals surface area contributed by atoms with Crippen LogP contribution in [0.4, 0.5) is 4.39 Å². The van der Waals surface area contributed by atoms with Crippen LogP contribution in [0.25, 0.3) is 0 Å². The van der Waals surface area contributed by atoms with Crippen molar-refractivity contribution in [3.8, 4) is 0 Å². The van der Waals surface area contributed by atoms with E-state index in [2.05, 4.69) is 5.32 Å². The van der Waals surface area contributed by atoms with Gasteiger partial charge in [0.15, 0.2) is 5.78 Å². The van der Waals surface area contributed by atoms with Gasteiger partial charge in [0, 0.05) is 23.8 Å². The van der Waals surface area contributed by atoms with Crippen LogP contribution in [0.3, 0.4) is 0 Å². The van der Waals surface area contributed by atoms with E-state index in [0.717, 1.165) is 18.3 Å². The number of ketones is 1. The van der Waals surface area contributed by atoms with Crippen LogP contribution in [-0.2, 0) is 14.4 Å². The minimum absolute atomic E-state index is 0.0131. The Balaban J connectivity index is 0.000000446. The summed E-state index contributed by atoms with van der Waals surface area (Å²) in [7, 11) is 0. The molecule has 2 amide bonds. The summed E-state index contributed by atoms with van der Waals surface area (Å²) >= 11 is 0. The molecule has 1 fully saturated rings. The van der Waals surface area contributed by atoms with Gasteiger partial charge in [-0.25, -0.2) is 4.39 Å². The van der Waals surface area contributed by atoms with Gasteiger partial charge in [-0.05, 0) is 50.5 Å². The Kier molecular flexibility index (Phi) is 11.0. The predicted octanol–water partition coefficient (Wildman–Crippen LogP) is 3.63.